The SMILES string of the molecule is CC1C(CO)CCN1C1CNC1. The molecule has 2 saturated heterocycles. The van der Waals surface area contributed by atoms with Crippen LogP contribution in [0.2, 0.25) is 0 Å². The van der Waals surface area contributed by atoms with Crippen molar-refractivity contribution in [3.63, 3.8) is 0 Å². The van der Waals surface area contributed by atoms with Crippen LogP contribution in [0.15, 0.2) is 0 Å². The summed E-state index contributed by atoms with van der Waals surface area (Å²) in [5.41, 5.74) is 0. The van der Waals surface area contributed by atoms with Gasteiger partial charge in [-0.1, -0.05) is 0 Å². The highest BCUT2D eigenvalue weighted by Crippen LogP contribution is 2.26. The summed E-state index contributed by atoms with van der Waals surface area (Å²) in [4.78, 5) is 2.54. The summed E-state index contributed by atoms with van der Waals surface area (Å²) in [5, 5.41) is 12.4. The highest BCUT2D eigenvalue weighted by Gasteiger charge is 2.36. The molecule has 2 atom stereocenters. The second kappa shape index (κ2) is 3.32. The molecule has 0 aromatic rings. The third-order valence-electron chi connectivity index (χ3n) is 3.43. The van der Waals surface area contributed by atoms with Crippen molar-refractivity contribution in [1.82, 2.24) is 10.2 Å². The lowest BCUT2D eigenvalue weighted by molar-refractivity contribution is 0.111. The molecule has 0 aromatic carbocycles. The zero-order valence-corrected chi connectivity index (χ0v) is 7.66. The maximum atomic E-state index is 9.08. The largest absolute Gasteiger partial charge is 0.396 e. The van der Waals surface area contributed by atoms with E-state index in [1.807, 2.05) is 0 Å². The summed E-state index contributed by atoms with van der Waals surface area (Å²) < 4.78 is 0. The van der Waals surface area contributed by atoms with Gasteiger partial charge in [-0.25, -0.2) is 0 Å². The Morgan fingerprint density at radius 1 is 1.50 bits per heavy atom. The Bertz CT molecular complexity index is 159. The van der Waals surface area contributed by atoms with Gasteiger partial charge in [0.25, 0.3) is 0 Å². The molecule has 0 saturated carbocycles. The van der Waals surface area contributed by atoms with Crippen molar-refractivity contribution in [2.24, 2.45) is 5.92 Å². The summed E-state index contributed by atoms with van der Waals surface area (Å²) in [6, 6.07) is 1.33. The molecule has 2 unspecified atom stereocenters. The average molecular weight is 170 g/mol. The van der Waals surface area contributed by atoms with Gasteiger partial charge < -0.3 is 10.4 Å². The predicted molar refractivity (Wildman–Crippen MR) is 48.0 cm³/mol. The van der Waals surface area contributed by atoms with E-state index in [2.05, 4.69) is 17.1 Å². The fourth-order valence-electron chi connectivity index (χ4n) is 2.30. The molecule has 0 aromatic heterocycles. The Labute approximate surface area is 73.8 Å². The summed E-state index contributed by atoms with van der Waals surface area (Å²) in [6.07, 6.45) is 1.17. The molecular weight excluding hydrogens is 152 g/mol. The van der Waals surface area contributed by atoms with Crippen LogP contribution in [0.5, 0.6) is 0 Å². The van der Waals surface area contributed by atoms with Crippen LogP contribution in [0.4, 0.5) is 0 Å². The van der Waals surface area contributed by atoms with Gasteiger partial charge in [0.15, 0.2) is 0 Å². The van der Waals surface area contributed by atoms with Crippen molar-refractivity contribution in [2.45, 2.75) is 25.4 Å². The second-order valence-electron chi connectivity index (χ2n) is 4.02. The van der Waals surface area contributed by atoms with Crippen molar-refractivity contribution in [1.29, 1.82) is 0 Å². The molecule has 2 N–H and O–H groups in total. The number of nitrogens with one attached hydrogen (secondary N) is 1. The molecule has 12 heavy (non-hydrogen) atoms. The molecule has 0 spiro atoms. The molecule has 2 rings (SSSR count). The lowest BCUT2D eigenvalue weighted by Gasteiger charge is -2.39. The molecule has 3 nitrogen and oxygen atoms in total. The minimum Gasteiger partial charge on any atom is -0.396 e. The van der Waals surface area contributed by atoms with Gasteiger partial charge in [-0.2, -0.15) is 0 Å². The molecule has 2 fully saturated rings. The van der Waals surface area contributed by atoms with Crippen molar-refractivity contribution in [2.75, 3.05) is 26.2 Å². The van der Waals surface area contributed by atoms with Gasteiger partial charge in [0.2, 0.25) is 0 Å². The third-order valence-corrected chi connectivity index (χ3v) is 3.43. The van der Waals surface area contributed by atoms with Crippen LogP contribution in [-0.4, -0.2) is 48.3 Å². The van der Waals surface area contributed by atoms with Crippen LogP contribution in [0.3, 0.4) is 0 Å². The van der Waals surface area contributed by atoms with E-state index in [0.717, 1.165) is 19.1 Å². The van der Waals surface area contributed by atoms with Crippen LogP contribution in [0.1, 0.15) is 13.3 Å². The average Bonchev–Trinajstić information content (AvgIpc) is 2.30. The van der Waals surface area contributed by atoms with Crippen LogP contribution < -0.4 is 5.32 Å². The van der Waals surface area contributed by atoms with E-state index in [1.54, 1.807) is 0 Å². The molecule has 2 aliphatic rings. The Kier molecular flexibility index (Phi) is 2.35. The van der Waals surface area contributed by atoms with E-state index in [-0.39, 0.29) is 0 Å². The Hall–Kier alpha value is -0.120. The van der Waals surface area contributed by atoms with Gasteiger partial charge >= 0.3 is 0 Å². The first kappa shape index (κ1) is 8.48. The summed E-state index contributed by atoms with van der Waals surface area (Å²) in [5.74, 6) is 0.519. The van der Waals surface area contributed by atoms with E-state index in [9.17, 15) is 0 Å². The number of likely N-dealkylation sites (tertiary alicyclic amines) is 1. The van der Waals surface area contributed by atoms with Crippen LogP contribution in [0, 0.1) is 5.92 Å². The lowest BCUT2D eigenvalue weighted by atomic mass is 10.0. The smallest absolute Gasteiger partial charge is 0.0474 e. The molecule has 0 bridgehead atoms. The van der Waals surface area contributed by atoms with Crippen molar-refractivity contribution < 1.29 is 5.11 Å². The van der Waals surface area contributed by atoms with E-state index in [0.29, 0.717) is 18.6 Å². The standard InChI is InChI=1S/C9H18N2O/c1-7-8(6-12)2-3-11(7)9-4-10-5-9/h7-10,12H,2-6H2,1H3. The number of hydrogen-bond donors (Lipinski definition) is 2. The molecule has 0 radical (unpaired) electrons. The minimum absolute atomic E-state index is 0.359. The number of aliphatic hydroxyl groups excluding tert-OH is 1. The summed E-state index contributed by atoms with van der Waals surface area (Å²) in [6.45, 7) is 6.06. The molecule has 0 amide bonds. The highest BCUT2D eigenvalue weighted by molar-refractivity contribution is 4.93. The zero-order chi connectivity index (χ0) is 8.55. The van der Waals surface area contributed by atoms with Gasteiger partial charge in [0, 0.05) is 31.8 Å². The summed E-state index contributed by atoms with van der Waals surface area (Å²) in [7, 11) is 0. The molecule has 3 heteroatoms. The highest BCUT2D eigenvalue weighted by atomic mass is 16.3. The maximum absolute atomic E-state index is 9.08. The number of aliphatic hydroxyl groups is 1. The molecule has 2 heterocycles. The second-order valence-corrected chi connectivity index (χ2v) is 4.02. The van der Waals surface area contributed by atoms with Gasteiger partial charge in [0.05, 0.1) is 0 Å². The van der Waals surface area contributed by atoms with Crippen LogP contribution in [-0.2, 0) is 0 Å². The van der Waals surface area contributed by atoms with Gasteiger partial charge in [-0.15, -0.1) is 0 Å². The first-order valence-corrected chi connectivity index (χ1v) is 4.90. The van der Waals surface area contributed by atoms with E-state index >= 15 is 0 Å². The first-order chi connectivity index (χ1) is 5.83. The number of rotatable bonds is 2. The Balaban J connectivity index is 1.91. The van der Waals surface area contributed by atoms with E-state index in [4.69, 9.17) is 5.11 Å². The molecule has 0 aliphatic carbocycles. The normalized spacial score (nSPS) is 38.5. The lowest BCUT2D eigenvalue weighted by Crippen LogP contribution is -2.58. The Morgan fingerprint density at radius 3 is 2.67 bits per heavy atom. The van der Waals surface area contributed by atoms with Gasteiger partial charge in [0.1, 0.15) is 0 Å². The monoisotopic (exact) mass is 170 g/mol. The van der Waals surface area contributed by atoms with E-state index < -0.39 is 0 Å². The topological polar surface area (TPSA) is 35.5 Å². The Morgan fingerprint density at radius 2 is 2.25 bits per heavy atom. The number of nitrogens with zero attached hydrogens (tertiary/aromatic N) is 1. The molecule has 2 aliphatic heterocycles. The molecular formula is C9H18N2O. The predicted octanol–water partition coefficient (Wildman–Crippen LogP) is -0.339. The third kappa shape index (κ3) is 1.26. The minimum atomic E-state index is 0.359. The van der Waals surface area contributed by atoms with Crippen LogP contribution >= 0.6 is 0 Å². The molecule has 70 valence electrons. The first-order valence-electron chi connectivity index (χ1n) is 4.90. The fourth-order valence-corrected chi connectivity index (χ4v) is 2.30. The number of hydrogen-bond acceptors (Lipinski definition) is 3. The van der Waals surface area contributed by atoms with Crippen molar-refractivity contribution in [3.05, 3.63) is 0 Å². The fraction of sp³-hybridized carbons (Fsp3) is 1.00. The zero-order valence-electron chi connectivity index (χ0n) is 7.66. The van der Waals surface area contributed by atoms with Crippen molar-refractivity contribution in [3.8, 4) is 0 Å². The van der Waals surface area contributed by atoms with Gasteiger partial charge in [-0.05, 0) is 25.8 Å². The maximum Gasteiger partial charge on any atom is 0.0474 e. The summed E-state index contributed by atoms with van der Waals surface area (Å²) >= 11 is 0. The van der Waals surface area contributed by atoms with Crippen molar-refractivity contribution >= 4 is 0 Å². The quantitative estimate of drug-likeness (QED) is 0.595. The van der Waals surface area contributed by atoms with Crippen LogP contribution in [0.25, 0.3) is 0 Å². The van der Waals surface area contributed by atoms with Gasteiger partial charge in [-0.3, -0.25) is 4.90 Å². The van der Waals surface area contributed by atoms with E-state index in [1.165, 1.54) is 13.0 Å².